The fraction of sp³-hybridized carbons (Fsp3) is 0.500. The Balaban J connectivity index is 2.37. The zero-order valence-corrected chi connectivity index (χ0v) is 10.1. The molecule has 1 atom stereocenters. The molecule has 0 fully saturated rings. The third-order valence-corrected chi connectivity index (χ3v) is 2.34. The predicted molar refractivity (Wildman–Crippen MR) is 64.7 cm³/mol. The third kappa shape index (κ3) is 4.54. The van der Waals surface area contributed by atoms with Crippen molar-refractivity contribution in [3.05, 3.63) is 29.3 Å². The summed E-state index contributed by atoms with van der Waals surface area (Å²) in [5.74, 6) is 0.755. The Labute approximate surface area is 96.6 Å². The van der Waals surface area contributed by atoms with Crippen LogP contribution >= 0.6 is 11.6 Å². The van der Waals surface area contributed by atoms with Gasteiger partial charge in [0.2, 0.25) is 0 Å². The van der Waals surface area contributed by atoms with Crippen LogP contribution in [0.2, 0.25) is 5.02 Å². The number of hydrogen-bond acceptors (Lipinski definition) is 2. The van der Waals surface area contributed by atoms with Crippen LogP contribution in [0.4, 0.5) is 0 Å². The van der Waals surface area contributed by atoms with Crippen molar-refractivity contribution in [3.63, 3.8) is 0 Å². The second-order valence-electron chi connectivity index (χ2n) is 3.56. The molecule has 1 rings (SSSR count). The van der Waals surface area contributed by atoms with E-state index in [-0.39, 0.29) is 6.10 Å². The van der Waals surface area contributed by atoms with E-state index in [2.05, 4.69) is 12.2 Å². The summed E-state index contributed by atoms with van der Waals surface area (Å²) >= 11 is 5.98. The van der Waals surface area contributed by atoms with Gasteiger partial charge in [-0.1, -0.05) is 30.7 Å². The van der Waals surface area contributed by atoms with E-state index in [0.29, 0.717) is 5.02 Å². The van der Waals surface area contributed by atoms with Crippen molar-refractivity contribution < 1.29 is 4.74 Å². The molecule has 1 aromatic rings. The SMILES string of the molecule is CCCNCC(C)Oc1ccccc1Cl. The van der Waals surface area contributed by atoms with E-state index in [1.165, 1.54) is 0 Å². The van der Waals surface area contributed by atoms with E-state index < -0.39 is 0 Å². The van der Waals surface area contributed by atoms with Crippen LogP contribution in [-0.2, 0) is 0 Å². The highest BCUT2D eigenvalue weighted by Crippen LogP contribution is 2.23. The summed E-state index contributed by atoms with van der Waals surface area (Å²) < 4.78 is 5.70. The highest BCUT2D eigenvalue weighted by Gasteiger charge is 2.05. The van der Waals surface area contributed by atoms with Crippen LogP contribution in [0.3, 0.4) is 0 Å². The molecule has 0 amide bonds. The van der Waals surface area contributed by atoms with Gasteiger partial charge in [-0.15, -0.1) is 0 Å². The molecule has 1 unspecified atom stereocenters. The Morgan fingerprint density at radius 1 is 1.40 bits per heavy atom. The normalized spacial score (nSPS) is 12.5. The van der Waals surface area contributed by atoms with Gasteiger partial charge in [0, 0.05) is 6.54 Å². The molecule has 0 heterocycles. The summed E-state index contributed by atoms with van der Waals surface area (Å²) in [7, 11) is 0. The first-order valence-corrected chi connectivity index (χ1v) is 5.73. The molecule has 0 radical (unpaired) electrons. The number of hydrogen-bond donors (Lipinski definition) is 1. The molecule has 3 heteroatoms. The van der Waals surface area contributed by atoms with Gasteiger partial charge in [-0.3, -0.25) is 0 Å². The van der Waals surface area contributed by atoms with Gasteiger partial charge < -0.3 is 10.1 Å². The molecule has 0 saturated carbocycles. The zero-order chi connectivity index (χ0) is 11.1. The number of benzene rings is 1. The van der Waals surface area contributed by atoms with Crippen molar-refractivity contribution in [1.82, 2.24) is 5.32 Å². The van der Waals surface area contributed by atoms with E-state index in [0.717, 1.165) is 25.3 Å². The highest BCUT2D eigenvalue weighted by molar-refractivity contribution is 6.32. The first-order chi connectivity index (χ1) is 7.24. The number of nitrogens with one attached hydrogen (secondary N) is 1. The monoisotopic (exact) mass is 227 g/mol. The molecule has 84 valence electrons. The molecular formula is C12H18ClNO. The molecule has 2 nitrogen and oxygen atoms in total. The lowest BCUT2D eigenvalue weighted by Crippen LogP contribution is -2.29. The second-order valence-corrected chi connectivity index (χ2v) is 3.97. The summed E-state index contributed by atoms with van der Waals surface area (Å²) in [6, 6.07) is 7.55. The van der Waals surface area contributed by atoms with Crippen LogP contribution in [0.15, 0.2) is 24.3 Å². The standard InChI is InChI=1S/C12H18ClNO/c1-3-8-14-9-10(2)15-12-7-5-4-6-11(12)13/h4-7,10,14H,3,8-9H2,1-2H3. The number of halogens is 1. The maximum atomic E-state index is 5.98. The first kappa shape index (κ1) is 12.3. The van der Waals surface area contributed by atoms with Crippen LogP contribution in [0.25, 0.3) is 0 Å². The Morgan fingerprint density at radius 2 is 2.13 bits per heavy atom. The summed E-state index contributed by atoms with van der Waals surface area (Å²) in [5.41, 5.74) is 0. The molecular weight excluding hydrogens is 210 g/mol. The summed E-state index contributed by atoms with van der Waals surface area (Å²) in [6.45, 7) is 6.05. The van der Waals surface area contributed by atoms with Crippen LogP contribution < -0.4 is 10.1 Å². The van der Waals surface area contributed by atoms with Crippen molar-refractivity contribution in [2.75, 3.05) is 13.1 Å². The van der Waals surface area contributed by atoms with Crippen molar-refractivity contribution in [3.8, 4) is 5.75 Å². The Kier molecular flexibility index (Phi) is 5.51. The van der Waals surface area contributed by atoms with E-state index in [1.54, 1.807) is 0 Å². The van der Waals surface area contributed by atoms with Gasteiger partial charge >= 0.3 is 0 Å². The molecule has 0 aliphatic carbocycles. The Morgan fingerprint density at radius 3 is 2.80 bits per heavy atom. The lowest BCUT2D eigenvalue weighted by molar-refractivity contribution is 0.217. The van der Waals surface area contributed by atoms with Crippen LogP contribution in [0.5, 0.6) is 5.75 Å². The molecule has 0 spiro atoms. The first-order valence-electron chi connectivity index (χ1n) is 5.36. The number of para-hydroxylation sites is 1. The van der Waals surface area contributed by atoms with Gasteiger partial charge in [0.15, 0.2) is 0 Å². The fourth-order valence-electron chi connectivity index (χ4n) is 1.28. The molecule has 0 aromatic heterocycles. The number of rotatable bonds is 6. The third-order valence-electron chi connectivity index (χ3n) is 2.02. The molecule has 0 aliphatic heterocycles. The molecule has 0 saturated heterocycles. The number of ether oxygens (including phenoxy) is 1. The molecule has 15 heavy (non-hydrogen) atoms. The lowest BCUT2D eigenvalue weighted by Gasteiger charge is -2.16. The topological polar surface area (TPSA) is 21.3 Å². The maximum absolute atomic E-state index is 5.98. The molecule has 0 bridgehead atoms. The van der Waals surface area contributed by atoms with Crippen molar-refractivity contribution in [2.24, 2.45) is 0 Å². The smallest absolute Gasteiger partial charge is 0.138 e. The van der Waals surface area contributed by atoms with Gasteiger partial charge in [-0.05, 0) is 32.0 Å². The van der Waals surface area contributed by atoms with Crippen LogP contribution in [0.1, 0.15) is 20.3 Å². The van der Waals surface area contributed by atoms with Gasteiger partial charge in [0.25, 0.3) is 0 Å². The van der Waals surface area contributed by atoms with E-state index in [1.807, 2.05) is 31.2 Å². The van der Waals surface area contributed by atoms with E-state index >= 15 is 0 Å². The Hall–Kier alpha value is -0.730. The predicted octanol–water partition coefficient (Wildman–Crippen LogP) is 3.11. The molecule has 0 aliphatic rings. The lowest BCUT2D eigenvalue weighted by atomic mass is 10.3. The highest BCUT2D eigenvalue weighted by atomic mass is 35.5. The molecule has 1 N–H and O–H groups in total. The quantitative estimate of drug-likeness (QED) is 0.755. The summed E-state index contributed by atoms with van der Waals surface area (Å²) in [5, 5.41) is 3.97. The van der Waals surface area contributed by atoms with E-state index in [9.17, 15) is 0 Å². The summed E-state index contributed by atoms with van der Waals surface area (Å²) in [6.07, 6.45) is 1.27. The fourth-order valence-corrected chi connectivity index (χ4v) is 1.46. The minimum absolute atomic E-state index is 0.136. The minimum Gasteiger partial charge on any atom is -0.488 e. The maximum Gasteiger partial charge on any atom is 0.138 e. The average Bonchev–Trinajstić information content (AvgIpc) is 2.22. The summed E-state index contributed by atoms with van der Waals surface area (Å²) in [4.78, 5) is 0. The second kappa shape index (κ2) is 6.70. The zero-order valence-electron chi connectivity index (χ0n) is 9.29. The van der Waals surface area contributed by atoms with Crippen molar-refractivity contribution >= 4 is 11.6 Å². The van der Waals surface area contributed by atoms with Crippen molar-refractivity contribution in [2.45, 2.75) is 26.4 Å². The molecule has 1 aromatic carbocycles. The van der Waals surface area contributed by atoms with Gasteiger partial charge in [-0.25, -0.2) is 0 Å². The largest absolute Gasteiger partial charge is 0.488 e. The Bertz CT molecular complexity index is 291. The van der Waals surface area contributed by atoms with Gasteiger partial charge in [0.05, 0.1) is 5.02 Å². The van der Waals surface area contributed by atoms with Crippen LogP contribution in [-0.4, -0.2) is 19.2 Å². The van der Waals surface area contributed by atoms with E-state index in [4.69, 9.17) is 16.3 Å². The average molecular weight is 228 g/mol. The van der Waals surface area contributed by atoms with Gasteiger partial charge in [0.1, 0.15) is 11.9 Å². The minimum atomic E-state index is 0.136. The van der Waals surface area contributed by atoms with Gasteiger partial charge in [-0.2, -0.15) is 0 Å². The van der Waals surface area contributed by atoms with Crippen LogP contribution in [0, 0.1) is 0 Å². The van der Waals surface area contributed by atoms with Crippen molar-refractivity contribution in [1.29, 1.82) is 0 Å².